The summed E-state index contributed by atoms with van der Waals surface area (Å²) in [6.45, 7) is 12.8. The van der Waals surface area contributed by atoms with Gasteiger partial charge in [-0.3, -0.25) is 13.8 Å². The first kappa shape index (κ1) is 28.1. The Kier molecular flexibility index (Phi) is 9.04. The summed E-state index contributed by atoms with van der Waals surface area (Å²) in [5.41, 5.74) is -2.72. The lowest BCUT2D eigenvalue weighted by atomic mass is 9.76. The third-order valence-electron chi connectivity index (χ3n) is 5.39. The summed E-state index contributed by atoms with van der Waals surface area (Å²) in [7, 11) is -1.69. The first-order valence-electron chi connectivity index (χ1n) is 10.6. The van der Waals surface area contributed by atoms with E-state index in [1.54, 1.807) is 27.7 Å². The van der Waals surface area contributed by atoms with Crippen LogP contribution in [0.1, 0.15) is 67.7 Å². The van der Waals surface area contributed by atoms with Crippen LogP contribution >= 0.6 is 0 Å². The highest BCUT2D eigenvalue weighted by Gasteiger charge is 2.47. The molecule has 1 aromatic carbocycles. The van der Waals surface area contributed by atoms with Crippen molar-refractivity contribution in [2.45, 2.75) is 83.8 Å². The lowest BCUT2D eigenvalue weighted by Crippen LogP contribution is -2.53. The predicted molar refractivity (Wildman–Crippen MR) is 123 cm³/mol. The normalized spacial score (nSPS) is 14.5. The van der Waals surface area contributed by atoms with Crippen molar-refractivity contribution in [3.05, 3.63) is 18.2 Å². The van der Waals surface area contributed by atoms with Crippen LogP contribution in [-0.4, -0.2) is 45.5 Å². The molecule has 0 radical (unpaired) electrons. The Hall–Kier alpha value is -1.97. The average Bonchev–Trinajstić information content (AvgIpc) is 2.71. The zero-order valence-corrected chi connectivity index (χ0v) is 21.4. The van der Waals surface area contributed by atoms with E-state index in [1.165, 1.54) is 25.3 Å². The van der Waals surface area contributed by atoms with Crippen molar-refractivity contribution in [1.29, 1.82) is 0 Å². The molecular formula is C23H37NO7S. The zero-order chi connectivity index (χ0) is 25.0. The van der Waals surface area contributed by atoms with E-state index in [2.05, 4.69) is 9.50 Å². The Balaban J connectivity index is 3.40. The van der Waals surface area contributed by atoms with E-state index in [9.17, 15) is 18.0 Å². The minimum Gasteiger partial charge on any atom is -0.497 e. The van der Waals surface area contributed by atoms with Crippen molar-refractivity contribution >= 4 is 27.5 Å². The number of ketones is 1. The number of hydrogen-bond acceptors (Lipinski definition) is 7. The molecule has 0 aliphatic rings. The van der Waals surface area contributed by atoms with Gasteiger partial charge in [0, 0.05) is 11.5 Å². The number of Topliss-reactive ketones (excluding diaryl/α,β-unsaturated/α-hetero) is 1. The molecule has 8 nitrogen and oxygen atoms in total. The molecule has 0 bridgehead atoms. The molecule has 0 fully saturated rings. The number of amides is 1. The SMILES string of the molecule is CCC(C)(C)OC(CC)(CC(=O)Nc1ccc(OC)cc1S(=O)(=O)OC)C(=O)C(C)(C)C. The minimum absolute atomic E-state index is 0.0283. The number of carbonyl (C=O) groups is 2. The van der Waals surface area contributed by atoms with Crippen molar-refractivity contribution < 1.29 is 31.7 Å². The Morgan fingerprint density at radius 3 is 2.03 bits per heavy atom. The van der Waals surface area contributed by atoms with E-state index in [-0.39, 0.29) is 35.0 Å². The van der Waals surface area contributed by atoms with Gasteiger partial charge >= 0.3 is 0 Å². The summed E-state index contributed by atoms with van der Waals surface area (Å²) in [4.78, 5) is 26.3. The number of anilines is 1. The maximum atomic E-state index is 13.4. The van der Waals surface area contributed by atoms with E-state index in [1.807, 2.05) is 20.8 Å². The summed E-state index contributed by atoms with van der Waals surface area (Å²) in [6, 6.07) is 4.20. The highest BCUT2D eigenvalue weighted by atomic mass is 32.2. The topological polar surface area (TPSA) is 108 Å². The third-order valence-corrected chi connectivity index (χ3v) is 6.70. The van der Waals surface area contributed by atoms with Gasteiger partial charge in [-0.05, 0) is 38.8 Å². The van der Waals surface area contributed by atoms with Crippen molar-refractivity contribution in [3.8, 4) is 5.75 Å². The van der Waals surface area contributed by atoms with Crippen LogP contribution in [0.4, 0.5) is 5.69 Å². The van der Waals surface area contributed by atoms with Gasteiger partial charge in [0.25, 0.3) is 10.1 Å². The smallest absolute Gasteiger partial charge is 0.298 e. The number of hydrogen-bond donors (Lipinski definition) is 1. The van der Waals surface area contributed by atoms with Crippen LogP contribution in [0.2, 0.25) is 0 Å². The fraction of sp³-hybridized carbons (Fsp3) is 0.652. The average molecular weight is 472 g/mol. The molecule has 1 atom stereocenters. The molecule has 0 aliphatic carbocycles. The van der Waals surface area contributed by atoms with E-state index in [0.717, 1.165) is 7.11 Å². The van der Waals surface area contributed by atoms with Crippen LogP contribution in [0.5, 0.6) is 5.75 Å². The van der Waals surface area contributed by atoms with Gasteiger partial charge in [-0.2, -0.15) is 8.42 Å². The molecule has 0 aliphatic heterocycles. The monoisotopic (exact) mass is 471 g/mol. The van der Waals surface area contributed by atoms with Gasteiger partial charge in [-0.1, -0.05) is 34.6 Å². The van der Waals surface area contributed by atoms with Gasteiger partial charge in [0.2, 0.25) is 5.91 Å². The van der Waals surface area contributed by atoms with Crippen molar-refractivity contribution in [2.75, 3.05) is 19.5 Å². The highest BCUT2D eigenvalue weighted by molar-refractivity contribution is 7.87. The van der Waals surface area contributed by atoms with Gasteiger partial charge in [-0.15, -0.1) is 0 Å². The molecule has 0 spiro atoms. The maximum Gasteiger partial charge on any atom is 0.298 e. The van der Waals surface area contributed by atoms with Gasteiger partial charge < -0.3 is 14.8 Å². The van der Waals surface area contributed by atoms with Crippen LogP contribution in [0.15, 0.2) is 23.1 Å². The Morgan fingerprint density at radius 1 is 1.00 bits per heavy atom. The molecule has 1 unspecified atom stereocenters. The van der Waals surface area contributed by atoms with Gasteiger partial charge in [0.1, 0.15) is 16.2 Å². The van der Waals surface area contributed by atoms with Crippen molar-refractivity contribution in [2.24, 2.45) is 5.41 Å². The number of rotatable bonds is 11. The van der Waals surface area contributed by atoms with Crippen molar-refractivity contribution in [3.63, 3.8) is 0 Å². The van der Waals surface area contributed by atoms with Gasteiger partial charge in [0.05, 0.1) is 31.9 Å². The van der Waals surface area contributed by atoms with Crippen LogP contribution in [0.25, 0.3) is 0 Å². The lowest BCUT2D eigenvalue weighted by Gasteiger charge is -2.41. The molecule has 0 heterocycles. The van der Waals surface area contributed by atoms with E-state index >= 15 is 0 Å². The summed E-state index contributed by atoms with van der Waals surface area (Å²) in [5, 5.41) is 2.62. The molecule has 1 rings (SSSR count). The first-order valence-corrected chi connectivity index (χ1v) is 12.0. The maximum absolute atomic E-state index is 13.4. The summed E-state index contributed by atoms with van der Waals surface area (Å²) < 4.78 is 40.8. The number of nitrogens with one attached hydrogen (secondary N) is 1. The second kappa shape index (κ2) is 10.3. The van der Waals surface area contributed by atoms with Crippen LogP contribution in [-0.2, 0) is 28.6 Å². The molecule has 182 valence electrons. The quantitative estimate of drug-likeness (QED) is 0.479. The fourth-order valence-electron chi connectivity index (χ4n) is 3.29. The lowest BCUT2D eigenvalue weighted by molar-refractivity contribution is -0.180. The fourth-order valence-corrected chi connectivity index (χ4v) is 4.12. The minimum atomic E-state index is -4.12. The molecule has 1 amide bonds. The van der Waals surface area contributed by atoms with E-state index in [0.29, 0.717) is 6.42 Å². The van der Waals surface area contributed by atoms with Crippen LogP contribution in [0.3, 0.4) is 0 Å². The Morgan fingerprint density at radius 2 is 1.59 bits per heavy atom. The Labute approximate surface area is 192 Å². The molecule has 0 saturated carbocycles. The summed E-state index contributed by atoms with van der Waals surface area (Å²) in [5.74, 6) is -0.449. The molecule has 1 N–H and O–H groups in total. The first-order chi connectivity index (χ1) is 14.6. The molecule has 9 heteroatoms. The molecule has 0 aromatic heterocycles. The largest absolute Gasteiger partial charge is 0.497 e. The van der Waals surface area contributed by atoms with Crippen molar-refractivity contribution in [1.82, 2.24) is 0 Å². The van der Waals surface area contributed by atoms with Gasteiger partial charge in [0.15, 0.2) is 5.78 Å². The number of ether oxygens (including phenoxy) is 2. The molecule has 32 heavy (non-hydrogen) atoms. The second-order valence-electron chi connectivity index (χ2n) is 9.35. The summed E-state index contributed by atoms with van der Waals surface area (Å²) >= 11 is 0. The zero-order valence-electron chi connectivity index (χ0n) is 20.6. The molecule has 0 saturated heterocycles. The van der Waals surface area contributed by atoms with E-state index in [4.69, 9.17) is 9.47 Å². The molecular weight excluding hydrogens is 434 g/mol. The number of benzene rings is 1. The summed E-state index contributed by atoms with van der Waals surface area (Å²) in [6.07, 6.45) is 0.663. The third kappa shape index (κ3) is 6.76. The standard InChI is InChI=1S/C23H37NO7S/c1-10-22(6,7)31-23(11-2,20(26)21(3,4)5)15-19(25)24-17-13-12-16(29-8)14-18(17)32(27,28)30-9/h12-14H,10-11,15H2,1-9H3,(H,24,25). The Bertz CT molecular complexity index is 932. The highest BCUT2D eigenvalue weighted by Crippen LogP contribution is 2.37. The van der Waals surface area contributed by atoms with E-state index < -0.39 is 32.6 Å². The molecule has 1 aromatic rings. The second-order valence-corrected chi connectivity index (χ2v) is 11.0. The van der Waals surface area contributed by atoms with Crippen LogP contribution in [0, 0.1) is 5.41 Å². The predicted octanol–water partition coefficient (Wildman–Crippen LogP) is 4.33. The number of carbonyl (C=O) groups excluding carboxylic acids is 2. The number of methoxy groups -OCH3 is 1. The van der Waals surface area contributed by atoms with Crippen LogP contribution < -0.4 is 10.1 Å². The van der Waals surface area contributed by atoms with Gasteiger partial charge in [-0.25, -0.2) is 0 Å².